The van der Waals surface area contributed by atoms with Crippen molar-refractivity contribution in [3.8, 4) is 0 Å². The monoisotopic (exact) mass is 222 g/mol. The molecule has 1 unspecified atom stereocenters. The number of urea groups is 1. The van der Waals surface area contributed by atoms with E-state index in [2.05, 4.69) is 5.32 Å². The van der Waals surface area contributed by atoms with Gasteiger partial charge in [0.2, 0.25) is 5.91 Å². The molecule has 0 fully saturated rings. The second kappa shape index (κ2) is 3.94. The number of rotatable bonds is 1. The largest absolute Gasteiger partial charge is 0.351 e. The lowest BCUT2D eigenvalue weighted by atomic mass is 10.0. The Morgan fingerprint density at radius 2 is 2.13 bits per heavy atom. The van der Waals surface area contributed by atoms with Crippen molar-refractivity contribution < 1.29 is 9.59 Å². The van der Waals surface area contributed by atoms with Crippen molar-refractivity contribution in [2.24, 2.45) is 5.73 Å². The highest BCUT2D eigenvalue weighted by Gasteiger charge is 2.29. The van der Waals surface area contributed by atoms with Gasteiger partial charge < -0.3 is 5.73 Å². The number of benzene rings is 1. The molecule has 0 radical (unpaired) electrons. The number of hydrogen-bond acceptors (Lipinski definition) is 3. The number of imide groups is 1. The minimum Gasteiger partial charge on any atom is -0.351 e. The molecule has 3 N–H and O–H groups in total. The Labute approximate surface area is 91.2 Å². The molecule has 1 aromatic rings. The molecule has 0 saturated heterocycles. The van der Waals surface area contributed by atoms with E-state index in [1.54, 1.807) is 11.8 Å². The molecule has 5 heteroatoms. The molecule has 15 heavy (non-hydrogen) atoms. The smallest absolute Gasteiger partial charge is 0.318 e. The molecule has 4 nitrogen and oxygen atoms in total. The minimum absolute atomic E-state index is 0.265. The Morgan fingerprint density at radius 1 is 1.40 bits per heavy atom. The standard InChI is InChI=1S/C10H10N2O2S/c11-10(14)12-9(13)7-5-15-8-4-2-1-3-6(7)8/h1-4,7H,5H2,(H3,11,12,13,14). The Balaban J connectivity index is 2.20. The third-order valence-corrected chi connectivity index (χ3v) is 3.45. The summed E-state index contributed by atoms with van der Waals surface area (Å²) in [6.45, 7) is 0. The van der Waals surface area contributed by atoms with Gasteiger partial charge in [0, 0.05) is 10.6 Å². The molecule has 0 aliphatic carbocycles. The van der Waals surface area contributed by atoms with Crippen molar-refractivity contribution in [2.45, 2.75) is 10.8 Å². The number of thioether (sulfide) groups is 1. The predicted molar refractivity (Wildman–Crippen MR) is 57.6 cm³/mol. The first-order valence-corrected chi connectivity index (χ1v) is 5.49. The van der Waals surface area contributed by atoms with E-state index in [4.69, 9.17) is 5.73 Å². The van der Waals surface area contributed by atoms with Gasteiger partial charge in [-0.15, -0.1) is 11.8 Å². The topological polar surface area (TPSA) is 72.2 Å². The van der Waals surface area contributed by atoms with Crippen molar-refractivity contribution in [3.63, 3.8) is 0 Å². The number of nitrogens with one attached hydrogen (secondary N) is 1. The molecular weight excluding hydrogens is 212 g/mol. The highest BCUT2D eigenvalue weighted by molar-refractivity contribution is 7.99. The van der Waals surface area contributed by atoms with Crippen molar-refractivity contribution in [1.29, 1.82) is 0 Å². The van der Waals surface area contributed by atoms with Crippen LogP contribution in [-0.4, -0.2) is 17.7 Å². The second-order valence-corrected chi connectivity index (χ2v) is 4.32. The van der Waals surface area contributed by atoms with Crippen molar-refractivity contribution in [1.82, 2.24) is 5.32 Å². The van der Waals surface area contributed by atoms with Crippen LogP contribution in [-0.2, 0) is 4.79 Å². The molecule has 0 aromatic heterocycles. The minimum atomic E-state index is -0.797. The van der Waals surface area contributed by atoms with Gasteiger partial charge in [-0.25, -0.2) is 4.79 Å². The number of carbonyl (C=O) groups excluding carboxylic acids is 2. The summed E-state index contributed by atoms with van der Waals surface area (Å²) in [5, 5.41) is 2.11. The number of hydrogen-bond donors (Lipinski definition) is 2. The molecule has 78 valence electrons. The highest BCUT2D eigenvalue weighted by atomic mass is 32.2. The van der Waals surface area contributed by atoms with Crippen molar-refractivity contribution >= 4 is 23.7 Å². The summed E-state index contributed by atoms with van der Waals surface area (Å²) >= 11 is 1.62. The summed E-state index contributed by atoms with van der Waals surface area (Å²) in [4.78, 5) is 23.3. The summed E-state index contributed by atoms with van der Waals surface area (Å²) in [5.74, 6) is 0.0806. The van der Waals surface area contributed by atoms with Gasteiger partial charge in [-0.05, 0) is 11.6 Å². The molecule has 1 aromatic carbocycles. The van der Waals surface area contributed by atoms with Crippen LogP contribution >= 0.6 is 11.8 Å². The summed E-state index contributed by atoms with van der Waals surface area (Å²) in [7, 11) is 0. The summed E-state index contributed by atoms with van der Waals surface area (Å²) in [6, 6.07) is 6.89. The van der Waals surface area contributed by atoms with Crippen LogP contribution in [0.15, 0.2) is 29.2 Å². The molecular formula is C10H10N2O2S. The van der Waals surface area contributed by atoms with E-state index < -0.39 is 6.03 Å². The zero-order chi connectivity index (χ0) is 10.8. The van der Waals surface area contributed by atoms with E-state index in [-0.39, 0.29) is 11.8 Å². The van der Waals surface area contributed by atoms with Crippen LogP contribution in [0.25, 0.3) is 0 Å². The van der Waals surface area contributed by atoms with Crippen LogP contribution in [0.2, 0.25) is 0 Å². The molecule has 3 amide bonds. The second-order valence-electron chi connectivity index (χ2n) is 3.25. The average Bonchev–Trinajstić information content (AvgIpc) is 2.59. The SMILES string of the molecule is NC(=O)NC(=O)C1CSc2ccccc21. The van der Waals surface area contributed by atoms with Crippen LogP contribution in [0.1, 0.15) is 11.5 Å². The van der Waals surface area contributed by atoms with E-state index in [0.717, 1.165) is 10.5 Å². The first-order valence-electron chi connectivity index (χ1n) is 4.50. The Kier molecular flexibility index (Phi) is 2.64. The zero-order valence-electron chi connectivity index (χ0n) is 7.90. The Hall–Kier alpha value is -1.49. The molecule has 0 bridgehead atoms. The third-order valence-electron chi connectivity index (χ3n) is 2.26. The van der Waals surface area contributed by atoms with Gasteiger partial charge in [0.15, 0.2) is 0 Å². The van der Waals surface area contributed by atoms with Gasteiger partial charge in [0.05, 0.1) is 5.92 Å². The van der Waals surface area contributed by atoms with Crippen LogP contribution in [0.4, 0.5) is 4.79 Å². The van der Waals surface area contributed by atoms with Crippen molar-refractivity contribution in [3.05, 3.63) is 29.8 Å². The fourth-order valence-corrected chi connectivity index (χ4v) is 2.82. The first-order chi connectivity index (χ1) is 7.18. The fraction of sp³-hybridized carbons (Fsp3) is 0.200. The fourth-order valence-electron chi connectivity index (χ4n) is 1.59. The van der Waals surface area contributed by atoms with E-state index in [9.17, 15) is 9.59 Å². The molecule has 0 spiro atoms. The lowest BCUT2D eigenvalue weighted by Crippen LogP contribution is -2.38. The van der Waals surface area contributed by atoms with Gasteiger partial charge >= 0.3 is 6.03 Å². The van der Waals surface area contributed by atoms with Crippen LogP contribution in [0.5, 0.6) is 0 Å². The number of carbonyl (C=O) groups is 2. The van der Waals surface area contributed by atoms with E-state index in [1.807, 2.05) is 24.3 Å². The van der Waals surface area contributed by atoms with Crippen molar-refractivity contribution in [2.75, 3.05) is 5.75 Å². The number of nitrogens with two attached hydrogens (primary N) is 1. The highest BCUT2D eigenvalue weighted by Crippen LogP contribution is 2.39. The van der Waals surface area contributed by atoms with Gasteiger partial charge in [0.25, 0.3) is 0 Å². The quantitative estimate of drug-likeness (QED) is 0.746. The third kappa shape index (κ3) is 1.97. The summed E-state index contributed by atoms with van der Waals surface area (Å²) in [5.41, 5.74) is 5.88. The summed E-state index contributed by atoms with van der Waals surface area (Å²) < 4.78 is 0. The first kappa shape index (κ1) is 10.0. The Bertz CT molecular complexity index is 420. The Morgan fingerprint density at radius 3 is 2.87 bits per heavy atom. The maximum Gasteiger partial charge on any atom is 0.318 e. The van der Waals surface area contributed by atoms with E-state index in [1.165, 1.54) is 0 Å². The van der Waals surface area contributed by atoms with Gasteiger partial charge in [-0.3, -0.25) is 10.1 Å². The molecule has 1 atom stereocenters. The zero-order valence-corrected chi connectivity index (χ0v) is 8.71. The molecule has 2 rings (SSSR count). The molecule has 1 heterocycles. The van der Waals surface area contributed by atoms with Gasteiger partial charge in [0.1, 0.15) is 0 Å². The predicted octanol–water partition coefficient (Wildman–Crippen LogP) is 1.07. The summed E-state index contributed by atoms with van der Waals surface area (Å²) in [6.07, 6.45) is 0. The lowest BCUT2D eigenvalue weighted by Gasteiger charge is -2.08. The molecule has 1 aliphatic heterocycles. The maximum atomic E-state index is 11.6. The maximum absolute atomic E-state index is 11.6. The lowest BCUT2D eigenvalue weighted by molar-refractivity contribution is -0.120. The normalized spacial score (nSPS) is 18.3. The van der Waals surface area contributed by atoms with Crippen LogP contribution < -0.4 is 11.1 Å². The van der Waals surface area contributed by atoms with Crippen LogP contribution in [0.3, 0.4) is 0 Å². The van der Waals surface area contributed by atoms with E-state index >= 15 is 0 Å². The van der Waals surface area contributed by atoms with Gasteiger partial charge in [-0.2, -0.15) is 0 Å². The number of amides is 3. The van der Waals surface area contributed by atoms with Crippen LogP contribution in [0, 0.1) is 0 Å². The average molecular weight is 222 g/mol. The molecule has 0 saturated carbocycles. The molecule has 1 aliphatic rings. The van der Waals surface area contributed by atoms with Gasteiger partial charge in [-0.1, -0.05) is 18.2 Å². The number of primary amides is 1. The number of fused-ring (bicyclic) bond motifs is 1. The van der Waals surface area contributed by atoms with E-state index in [0.29, 0.717) is 5.75 Å².